The van der Waals surface area contributed by atoms with Crippen LogP contribution in [0.4, 0.5) is 13.2 Å². The van der Waals surface area contributed by atoms with Gasteiger partial charge in [-0.3, -0.25) is 4.98 Å². The average Bonchev–Trinajstić information content (AvgIpc) is 3.19. The Morgan fingerprint density at radius 2 is 1.59 bits per heavy atom. The standard InChI is InChI=1S/C26H20F3N3O2/c1-17(33-19-6-3-2-4-7-19)25-31-23-14-13-22-21(8-5-15-30-22)24(23)32(25)16-18-9-11-20(12-10-18)34-26(27,28)29/h2-15,17H,16H2,1H3. The third-order valence-corrected chi connectivity index (χ3v) is 5.43. The SMILES string of the molecule is CC(Oc1ccccc1)c1nc2ccc3ncccc3c2n1Cc1ccc(OC(F)(F)F)cc1. The van der Waals surface area contributed by atoms with Crippen LogP contribution in [0.3, 0.4) is 0 Å². The summed E-state index contributed by atoms with van der Waals surface area (Å²) in [6.45, 7) is 2.31. The first kappa shape index (κ1) is 21.8. The molecular weight excluding hydrogens is 443 g/mol. The lowest BCUT2D eigenvalue weighted by atomic mass is 10.1. The first-order chi connectivity index (χ1) is 16.4. The number of imidazole rings is 1. The van der Waals surface area contributed by atoms with Crippen LogP contribution in [0.5, 0.6) is 11.5 Å². The number of rotatable bonds is 6. The molecule has 0 aliphatic heterocycles. The normalized spacial score (nSPS) is 12.7. The second-order valence-corrected chi connectivity index (χ2v) is 7.82. The van der Waals surface area contributed by atoms with Crippen molar-refractivity contribution in [1.29, 1.82) is 0 Å². The third kappa shape index (κ3) is 4.52. The zero-order valence-corrected chi connectivity index (χ0v) is 18.2. The second-order valence-electron chi connectivity index (χ2n) is 7.82. The van der Waals surface area contributed by atoms with Crippen molar-refractivity contribution in [3.63, 3.8) is 0 Å². The van der Waals surface area contributed by atoms with Crippen molar-refractivity contribution < 1.29 is 22.6 Å². The molecule has 8 heteroatoms. The maximum absolute atomic E-state index is 12.5. The summed E-state index contributed by atoms with van der Waals surface area (Å²) in [6, 6.07) is 23.0. The van der Waals surface area contributed by atoms with Gasteiger partial charge in [-0.2, -0.15) is 0 Å². The predicted molar refractivity (Wildman–Crippen MR) is 123 cm³/mol. The van der Waals surface area contributed by atoms with E-state index in [0.29, 0.717) is 18.1 Å². The first-order valence-corrected chi connectivity index (χ1v) is 10.7. The van der Waals surface area contributed by atoms with E-state index >= 15 is 0 Å². The van der Waals surface area contributed by atoms with Gasteiger partial charge in [0, 0.05) is 18.1 Å². The molecule has 1 unspecified atom stereocenters. The number of fused-ring (bicyclic) bond motifs is 3. The van der Waals surface area contributed by atoms with Crippen LogP contribution in [0.1, 0.15) is 24.4 Å². The van der Waals surface area contributed by atoms with E-state index < -0.39 is 6.36 Å². The monoisotopic (exact) mass is 463 g/mol. The first-order valence-electron chi connectivity index (χ1n) is 10.7. The molecule has 5 aromatic rings. The molecule has 0 fully saturated rings. The molecule has 0 radical (unpaired) electrons. The largest absolute Gasteiger partial charge is 0.573 e. The Labute approximate surface area is 193 Å². The van der Waals surface area contributed by atoms with Gasteiger partial charge in [-0.15, -0.1) is 13.2 Å². The van der Waals surface area contributed by atoms with E-state index in [2.05, 4.69) is 9.72 Å². The number of hydrogen-bond acceptors (Lipinski definition) is 4. The molecule has 0 amide bonds. The third-order valence-electron chi connectivity index (χ3n) is 5.43. The Balaban J connectivity index is 1.57. The van der Waals surface area contributed by atoms with E-state index in [1.165, 1.54) is 12.1 Å². The molecule has 3 aromatic carbocycles. The maximum Gasteiger partial charge on any atom is 0.573 e. The topological polar surface area (TPSA) is 49.2 Å². The summed E-state index contributed by atoms with van der Waals surface area (Å²) < 4.78 is 49.8. The van der Waals surface area contributed by atoms with E-state index in [9.17, 15) is 13.2 Å². The van der Waals surface area contributed by atoms with Gasteiger partial charge in [0.1, 0.15) is 11.5 Å². The van der Waals surface area contributed by atoms with Crippen molar-refractivity contribution >= 4 is 21.9 Å². The average molecular weight is 463 g/mol. The molecule has 5 nitrogen and oxygen atoms in total. The Morgan fingerprint density at radius 1 is 0.853 bits per heavy atom. The molecule has 2 aromatic heterocycles. The van der Waals surface area contributed by atoms with Gasteiger partial charge in [-0.25, -0.2) is 4.98 Å². The fourth-order valence-electron chi connectivity index (χ4n) is 4.00. The summed E-state index contributed by atoms with van der Waals surface area (Å²) in [6.07, 6.45) is -3.38. The second kappa shape index (κ2) is 8.70. The molecule has 34 heavy (non-hydrogen) atoms. The number of benzene rings is 3. The van der Waals surface area contributed by atoms with Crippen molar-refractivity contribution in [3.05, 3.63) is 96.4 Å². The molecule has 2 heterocycles. The van der Waals surface area contributed by atoms with E-state index in [4.69, 9.17) is 9.72 Å². The van der Waals surface area contributed by atoms with Crippen LogP contribution in [0, 0.1) is 0 Å². The highest BCUT2D eigenvalue weighted by Crippen LogP contribution is 2.31. The highest BCUT2D eigenvalue weighted by atomic mass is 19.4. The molecule has 1 atom stereocenters. The lowest BCUT2D eigenvalue weighted by Crippen LogP contribution is -2.17. The molecule has 5 rings (SSSR count). The highest BCUT2D eigenvalue weighted by molar-refractivity contribution is 6.03. The molecule has 0 saturated carbocycles. The molecule has 172 valence electrons. The Hall–Kier alpha value is -4.07. The van der Waals surface area contributed by atoms with Crippen LogP contribution in [-0.2, 0) is 6.54 Å². The predicted octanol–water partition coefficient (Wildman–Crippen LogP) is 6.67. The number of halogens is 3. The minimum absolute atomic E-state index is 0.262. The summed E-state index contributed by atoms with van der Waals surface area (Å²) in [4.78, 5) is 9.31. The highest BCUT2D eigenvalue weighted by Gasteiger charge is 2.31. The van der Waals surface area contributed by atoms with Crippen molar-refractivity contribution in [2.24, 2.45) is 0 Å². The van der Waals surface area contributed by atoms with Crippen LogP contribution in [0.25, 0.3) is 21.9 Å². The van der Waals surface area contributed by atoms with Crippen molar-refractivity contribution in [3.8, 4) is 11.5 Å². The summed E-state index contributed by atoms with van der Waals surface area (Å²) in [7, 11) is 0. The lowest BCUT2D eigenvalue weighted by molar-refractivity contribution is -0.274. The van der Waals surface area contributed by atoms with Gasteiger partial charge >= 0.3 is 6.36 Å². The van der Waals surface area contributed by atoms with Gasteiger partial charge in [-0.1, -0.05) is 30.3 Å². The number of alkyl halides is 3. The van der Waals surface area contributed by atoms with Gasteiger partial charge in [0.2, 0.25) is 0 Å². The van der Waals surface area contributed by atoms with Crippen LogP contribution >= 0.6 is 0 Å². The number of pyridine rings is 1. The maximum atomic E-state index is 12.5. The fraction of sp³-hybridized carbons (Fsp3) is 0.154. The Bertz CT molecular complexity index is 1430. The number of nitrogens with zero attached hydrogens (tertiary/aromatic N) is 3. The number of ether oxygens (including phenoxy) is 2. The Kier molecular flexibility index (Phi) is 5.57. The van der Waals surface area contributed by atoms with Gasteiger partial charge in [0.25, 0.3) is 0 Å². The van der Waals surface area contributed by atoms with Gasteiger partial charge in [-0.05, 0) is 61.0 Å². The number of aromatic nitrogens is 3. The van der Waals surface area contributed by atoms with Crippen LogP contribution < -0.4 is 9.47 Å². The molecule has 0 saturated heterocycles. The molecule has 0 bridgehead atoms. The fourth-order valence-corrected chi connectivity index (χ4v) is 4.00. The van der Waals surface area contributed by atoms with Crippen molar-refractivity contribution in [1.82, 2.24) is 14.5 Å². The van der Waals surface area contributed by atoms with Crippen molar-refractivity contribution in [2.75, 3.05) is 0 Å². The van der Waals surface area contributed by atoms with Crippen LogP contribution in [0.15, 0.2) is 85.1 Å². The number of hydrogen-bond donors (Lipinski definition) is 0. The van der Waals surface area contributed by atoms with Gasteiger partial charge < -0.3 is 14.0 Å². The smallest absolute Gasteiger partial charge is 0.483 e. The lowest BCUT2D eigenvalue weighted by Gasteiger charge is -2.17. The van der Waals surface area contributed by atoms with E-state index in [-0.39, 0.29) is 11.9 Å². The van der Waals surface area contributed by atoms with E-state index in [0.717, 1.165) is 27.5 Å². The summed E-state index contributed by atoms with van der Waals surface area (Å²) >= 11 is 0. The number of para-hydroxylation sites is 1. The van der Waals surface area contributed by atoms with Gasteiger partial charge in [0.15, 0.2) is 11.9 Å². The quantitative estimate of drug-likeness (QED) is 0.282. The molecular formula is C26H20F3N3O2. The molecule has 0 aliphatic rings. The summed E-state index contributed by atoms with van der Waals surface area (Å²) in [5.41, 5.74) is 3.30. The van der Waals surface area contributed by atoms with E-state index in [1.807, 2.05) is 66.1 Å². The zero-order valence-electron chi connectivity index (χ0n) is 18.2. The zero-order chi connectivity index (χ0) is 23.7. The molecule has 0 aliphatic carbocycles. The minimum Gasteiger partial charge on any atom is -0.483 e. The minimum atomic E-state index is -4.73. The molecule has 0 N–H and O–H groups in total. The van der Waals surface area contributed by atoms with Gasteiger partial charge in [0.05, 0.1) is 16.6 Å². The Morgan fingerprint density at radius 3 is 2.32 bits per heavy atom. The summed E-state index contributed by atoms with van der Waals surface area (Å²) in [5, 5.41) is 0.933. The van der Waals surface area contributed by atoms with Crippen LogP contribution in [0.2, 0.25) is 0 Å². The molecule has 0 spiro atoms. The summed E-state index contributed by atoms with van der Waals surface area (Å²) in [5.74, 6) is 1.15. The van der Waals surface area contributed by atoms with Crippen LogP contribution in [-0.4, -0.2) is 20.9 Å². The van der Waals surface area contributed by atoms with Crippen molar-refractivity contribution in [2.45, 2.75) is 25.9 Å². The van der Waals surface area contributed by atoms with E-state index in [1.54, 1.807) is 18.3 Å².